The largest absolute Gasteiger partial charge is 0.389 e. The highest BCUT2D eigenvalue weighted by Crippen LogP contribution is 2.33. The minimum atomic E-state index is -0.474. The van der Waals surface area contributed by atoms with E-state index < -0.39 is 6.10 Å². The van der Waals surface area contributed by atoms with E-state index in [1.54, 1.807) is 4.90 Å². The standard InChI is InChI=1S/C22H24N4O3/c27-17-12-25(13-17)22(29)18-11-23-26-20(28)10-19(24-21(18)26)16-8-6-15(7-9-16)14-4-2-1-3-5-14/h6-11,14,17,23,27H,1-5,12-13H2. The summed E-state index contributed by atoms with van der Waals surface area (Å²) < 4.78 is 1.28. The van der Waals surface area contributed by atoms with E-state index in [2.05, 4.69) is 22.2 Å². The maximum atomic E-state index is 12.7. The van der Waals surface area contributed by atoms with E-state index in [4.69, 9.17) is 0 Å². The Labute approximate surface area is 168 Å². The summed E-state index contributed by atoms with van der Waals surface area (Å²) in [5.74, 6) is 0.394. The second-order valence-corrected chi connectivity index (χ2v) is 8.15. The van der Waals surface area contributed by atoms with Gasteiger partial charge in [-0.05, 0) is 24.3 Å². The van der Waals surface area contributed by atoms with E-state index in [-0.39, 0.29) is 11.5 Å². The minimum absolute atomic E-state index is 0.231. The van der Waals surface area contributed by atoms with Crippen LogP contribution in [0.2, 0.25) is 0 Å². The predicted octanol–water partition coefficient (Wildman–Crippen LogP) is 2.55. The number of benzene rings is 1. The molecular weight excluding hydrogens is 368 g/mol. The van der Waals surface area contributed by atoms with Crippen LogP contribution in [0.25, 0.3) is 16.9 Å². The second kappa shape index (κ2) is 7.15. The molecule has 1 aliphatic heterocycles. The first-order valence-electron chi connectivity index (χ1n) is 10.3. The summed E-state index contributed by atoms with van der Waals surface area (Å²) in [5.41, 5.74) is 3.17. The van der Waals surface area contributed by atoms with Gasteiger partial charge in [-0.3, -0.25) is 14.7 Å². The molecule has 1 saturated carbocycles. The van der Waals surface area contributed by atoms with Gasteiger partial charge in [0.05, 0.1) is 11.8 Å². The lowest BCUT2D eigenvalue weighted by atomic mass is 9.84. The number of carbonyl (C=O) groups excluding carboxylic acids is 1. The highest BCUT2D eigenvalue weighted by Gasteiger charge is 2.31. The zero-order chi connectivity index (χ0) is 20.0. The molecule has 7 heteroatoms. The summed E-state index contributed by atoms with van der Waals surface area (Å²) in [5, 5.41) is 12.3. The van der Waals surface area contributed by atoms with Gasteiger partial charge in [0.1, 0.15) is 5.56 Å². The number of aliphatic hydroxyl groups excluding tert-OH is 1. The van der Waals surface area contributed by atoms with Crippen molar-refractivity contribution in [3.8, 4) is 11.3 Å². The molecule has 1 aliphatic carbocycles. The van der Waals surface area contributed by atoms with Crippen LogP contribution in [0.4, 0.5) is 0 Å². The fraction of sp³-hybridized carbons (Fsp3) is 0.409. The number of likely N-dealkylation sites (tertiary alicyclic amines) is 1. The third-order valence-corrected chi connectivity index (χ3v) is 6.16. The van der Waals surface area contributed by atoms with Crippen molar-refractivity contribution >= 4 is 11.6 Å². The minimum Gasteiger partial charge on any atom is -0.389 e. The number of aromatic amines is 1. The third kappa shape index (κ3) is 3.25. The van der Waals surface area contributed by atoms with Crippen LogP contribution in [0, 0.1) is 0 Å². The lowest BCUT2D eigenvalue weighted by Gasteiger charge is -2.35. The number of β-amino-alcohol motifs (C(OH)–C–C–N with tert-alkyl or cyclic N) is 1. The van der Waals surface area contributed by atoms with Gasteiger partial charge < -0.3 is 10.0 Å². The molecule has 29 heavy (non-hydrogen) atoms. The molecule has 1 saturated heterocycles. The number of fused-ring (bicyclic) bond motifs is 1. The molecule has 0 bridgehead atoms. The molecule has 3 heterocycles. The Kier molecular flexibility index (Phi) is 4.47. The monoisotopic (exact) mass is 392 g/mol. The van der Waals surface area contributed by atoms with E-state index >= 15 is 0 Å². The van der Waals surface area contributed by atoms with E-state index in [9.17, 15) is 14.7 Å². The van der Waals surface area contributed by atoms with Gasteiger partial charge in [-0.25, -0.2) is 9.50 Å². The van der Waals surface area contributed by atoms with Crippen LogP contribution in [0.3, 0.4) is 0 Å². The van der Waals surface area contributed by atoms with Crippen molar-refractivity contribution in [2.24, 2.45) is 0 Å². The van der Waals surface area contributed by atoms with Gasteiger partial charge in [-0.2, -0.15) is 0 Å². The first-order chi connectivity index (χ1) is 14.1. The topological polar surface area (TPSA) is 90.7 Å². The smallest absolute Gasteiger partial charge is 0.273 e. The van der Waals surface area contributed by atoms with Crippen LogP contribution < -0.4 is 5.56 Å². The summed E-state index contributed by atoms with van der Waals surface area (Å²) in [4.78, 5) is 31.4. The van der Waals surface area contributed by atoms with Crippen LogP contribution in [0.5, 0.6) is 0 Å². The zero-order valence-electron chi connectivity index (χ0n) is 16.2. The molecule has 3 aromatic rings. The van der Waals surface area contributed by atoms with Gasteiger partial charge in [-0.15, -0.1) is 0 Å². The summed E-state index contributed by atoms with van der Waals surface area (Å²) in [6.07, 6.45) is 7.43. The van der Waals surface area contributed by atoms with Crippen molar-refractivity contribution in [3.05, 3.63) is 58.0 Å². The van der Waals surface area contributed by atoms with Crippen molar-refractivity contribution in [1.29, 1.82) is 0 Å². The molecule has 0 atom stereocenters. The Morgan fingerprint density at radius 2 is 1.83 bits per heavy atom. The van der Waals surface area contributed by atoms with Gasteiger partial charge in [0.2, 0.25) is 0 Å². The number of aromatic nitrogens is 3. The average Bonchev–Trinajstić information content (AvgIpc) is 3.16. The second-order valence-electron chi connectivity index (χ2n) is 8.15. The molecule has 0 radical (unpaired) electrons. The maximum absolute atomic E-state index is 12.7. The number of rotatable bonds is 3. The lowest BCUT2D eigenvalue weighted by Crippen LogP contribution is -2.53. The molecule has 2 aliphatic rings. The Morgan fingerprint density at radius 3 is 2.52 bits per heavy atom. The van der Waals surface area contributed by atoms with Crippen molar-refractivity contribution in [2.75, 3.05) is 13.1 Å². The van der Waals surface area contributed by atoms with E-state index in [0.717, 1.165) is 5.56 Å². The van der Waals surface area contributed by atoms with E-state index in [0.29, 0.717) is 35.9 Å². The quantitative estimate of drug-likeness (QED) is 0.717. The number of H-pyrrole nitrogens is 1. The lowest BCUT2D eigenvalue weighted by molar-refractivity contribution is 0.00601. The van der Waals surface area contributed by atoms with E-state index in [1.165, 1.54) is 54.4 Å². The van der Waals surface area contributed by atoms with Crippen LogP contribution in [0.1, 0.15) is 53.9 Å². The molecule has 7 nitrogen and oxygen atoms in total. The summed E-state index contributed by atoms with van der Waals surface area (Å²) in [6, 6.07) is 9.80. The van der Waals surface area contributed by atoms with Crippen molar-refractivity contribution < 1.29 is 9.90 Å². The molecule has 2 aromatic heterocycles. The van der Waals surface area contributed by atoms with E-state index in [1.807, 2.05) is 12.1 Å². The Morgan fingerprint density at radius 1 is 1.10 bits per heavy atom. The number of hydrogen-bond acceptors (Lipinski definition) is 4. The summed E-state index contributed by atoms with van der Waals surface area (Å²) in [7, 11) is 0. The molecule has 1 aromatic carbocycles. The van der Waals surface area contributed by atoms with Crippen molar-refractivity contribution in [1.82, 2.24) is 19.5 Å². The van der Waals surface area contributed by atoms with Crippen molar-refractivity contribution in [2.45, 2.75) is 44.1 Å². The van der Waals surface area contributed by atoms with Crippen LogP contribution in [-0.2, 0) is 0 Å². The fourth-order valence-corrected chi connectivity index (χ4v) is 4.44. The molecule has 1 amide bonds. The SMILES string of the molecule is O=C(c1c[nH]n2c(=O)cc(-c3ccc(C4CCCCC4)cc3)nc12)N1CC(O)C1. The fourth-order valence-electron chi connectivity index (χ4n) is 4.44. The first-order valence-corrected chi connectivity index (χ1v) is 10.3. The maximum Gasteiger partial charge on any atom is 0.273 e. The Balaban J connectivity index is 1.48. The average molecular weight is 392 g/mol. The van der Waals surface area contributed by atoms with Crippen molar-refractivity contribution in [3.63, 3.8) is 0 Å². The zero-order valence-corrected chi connectivity index (χ0v) is 16.2. The number of amides is 1. The molecule has 2 fully saturated rings. The number of carbonyl (C=O) groups is 1. The predicted molar refractivity (Wildman–Crippen MR) is 109 cm³/mol. The number of hydrogen-bond donors (Lipinski definition) is 2. The first kappa shape index (κ1) is 18.1. The van der Waals surface area contributed by atoms with Gasteiger partial charge in [0.15, 0.2) is 5.65 Å². The molecular formula is C22H24N4O3. The molecule has 0 unspecified atom stereocenters. The van der Waals surface area contributed by atoms with Gasteiger partial charge in [-0.1, -0.05) is 43.5 Å². The summed E-state index contributed by atoms with van der Waals surface area (Å²) >= 11 is 0. The Hall–Kier alpha value is -2.93. The number of nitrogens with one attached hydrogen (secondary N) is 1. The van der Waals surface area contributed by atoms with Crippen LogP contribution in [-0.4, -0.2) is 49.7 Å². The third-order valence-electron chi connectivity index (χ3n) is 6.16. The highest BCUT2D eigenvalue weighted by molar-refractivity contribution is 6.00. The van der Waals surface area contributed by atoms with Gasteiger partial charge >= 0.3 is 0 Å². The van der Waals surface area contributed by atoms with Gasteiger partial charge in [0.25, 0.3) is 11.5 Å². The number of nitrogens with zero attached hydrogens (tertiary/aromatic N) is 3. The Bertz CT molecular complexity index is 1100. The number of aliphatic hydroxyl groups is 1. The molecule has 150 valence electrons. The molecule has 5 rings (SSSR count). The molecule has 2 N–H and O–H groups in total. The highest BCUT2D eigenvalue weighted by atomic mass is 16.3. The van der Waals surface area contributed by atoms with Crippen LogP contribution >= 0.6 is 0 Å². The molecule has 0 spiro atoms. The van der Waals surface area contributed by atoms with Gasteiger partial charge in [0, 0.05) is 30.9 Å². The normalized spacial score (nSPS) is 18.2. The summed E-state index contributed by atoms with van der Waals surface area (Å²) in [6.45, 7) is 0.617. The van der Waals surface area contributed by atoms with Crippen LogP contribution in [0.15, 0.2) is 41.3 Å².